The van der Waals surface area contributed by atoms with E-state index >= 15 is 0 Å². The van der Waals surface area contributed by atoms with Gasteiger partial charge in [0.05, 0.1) is 0 Å². The molecule has 2 aliphatic rings. The SMILES string of the molecule is Clc1ccc(CSc2nnc(C3CC3)n2C2CC2)c(Cl)n1. The fraction of sp³-hybridized carbons (Fsp3) is 0.500. The van der Waals surface area contributed by atoms with Crippen molar-refractivity contribution >= 4 is 35.0 Å². The van der Waals surface area contributed by atoms with Gasteiger partial charge in [0, 0.05) is 17.7 Å². The second-order valence-corrected chi connectivity index (χ2v) is 7.28. The molecular formula is C14H14Cl2N4S. The fourth-order valence-corrected chi connectivity index (χ4v) is 3.86. The van der Waals surface area contributed by atoms with E-state index in [-0.39, 0.29) is 0 Å². The predicted octanol–water partition coefficient (Wildman–Crippen LogP) is 4.48. The van der Waals surface area contributed by atoms with E-state index < -0.39 is 0 Å². The van der Waals surface area contributed by atoms with Crippen molar-refractivity contribution in [2.75, 3.05) is 0 Å². The lowest BCUT2D eigenvalue weighted by molar-refractivity contribution is 0.627. The molecule has 0 aliphatic heterocycles. The lowest BCUT2D eigenvalue weighted by Gasteiger charge is -2.08. The zero-order chi connectivity index (χ0) is 14.4. The summed E-state index contributed by atoms with van der Waals surface area (Å²) >= 11 is 13.6. The maximum atomic E-state index is 6.12. The standard InChI is InChI=1S/C14H14Cl2N4S/c15-11-6-3-9(12(16)17-11)7-21-14-19-18-13(8-1-2-8)20(14)10-4-5-10/h3,6,8,10H,1-2,4-5,7H2. The molecule has 0 N–H and O–H groups in total. The van der Waals surface area contributed by atoms with Crippen LogP contribution in [-0.2, 0) is 5.75 Å². The lowest BCUT2D eigenvalue weighted by atomic mass is 10.3. The molecule has 2 fully saturated rings. The van der Waals surface area contributed by atoms with Crippen molar-refractivity contribution in [1.29, 1.82) is 0 Å². The number of rotatable bonds is 5. The van der Waals surface area contributed by atoms with Crippen molar-refractivity contribution in [1.82, 2.24) is 19.7 Å². The first-order valence-electron chi connectivity index (χ1n) is 7.11. The molecule has 21 heavy (non-hydrogen) atoms. The van der Waals surface area contributed by atoms with Crippen LogP contribution in [0.2, 0.25) is 10.3 Å². The summed E-state index contributed by atoms with van der Waals surface area (Å²) in [5, 5.41) is 10.7. The summed E-state index contributed by atoms with van der Waals surface area (Å²) in [4.78, 5) is 4.07. The Bertz CT molecular complexity index is 680. The minimum atomic E-state index is 0.422. The third-order valence-electron chi connectivity index (χ3n) is 3.79. The van der Waals surface area contributed by atoms with Crippen molar-refractivity contribution in [3.63, 3.8) is 0 Å². The van der Waals surface area contributed by atoms with E-state index in [1.54, 1.807) is 17.8 Å². The Labute approximate surface area is 137 Å². The normalized spacial score (nSPS) is 18.2. The van der Waals surface area contributed by atoms with Crippen LogP contribution in [0, 0.1) is 0 Å². The van der Waals surface area contributed by atoms with E-state index in [9.17, 15) is 0 Å². The third-order valence-corrected chi connectivity index (χ3v) is 5.32. The van der Waals surface area contributed by atoms with Crippen molar-refractivity contribution in [3.05, 3.63) is 33.8 Å². The van der Waals surface area contributed by atoms with Crippen LogP contribution in [0.5, 0.6) is 0 Å². The first kappa shape index (κ1) is 13.9. The molecule has 0 amide bonds. The van der Waals surface area contributed by atoms with Gasteiger partial charge in [-0.15, -0.1) is 10.2 Å². The molecule has 0 aromatic carbocycles. The van der Waals surface area contributed by atoms with Gasteiger partial charge < -0.3 is 4.57 Å². The molecule has 0 bridgehead atoms. The zero-order valence-corrected chi connectivity index (χ0v) is 13.6. The van der Waals surface area contributed by atoms with Gasteiger partial charge in [0.2, 0.25) is 0 Å². The molecule has 4 rings (SSSR count). The van der Waals surface area contributed by atoms with E-state index in [1.807, 2.05) is 6.07 Å². The Morgan fingerprint density at radius 3 is 2.62 bits per heavy atom. The molecule has 4 nitrogen and oxygen atoms in total. The van der Waals surface area contributed by atoms with Crippen LogP contribution in [0.25, 0.3) is 0 Å². The predicted molar refractivity (Wildman–Crippen MR) is 84.1 cm³/mol. The smallest absolute Gasteiger partial charge is 0.191 e. The lowest BCUT2D eigenvalue weighted by Crippen LogP contribution is -2.02. The summed E-state index contributed by atoms with van der Waals surface area (Å²) in [6.07, 6.45) is 4.99. The summed E-state index contributed by atoms with van der Waals surface area (Å²) in [5.41, 5.74) is 0.976. The zero-order valence-electron chi connectivity index (χ0n) is 11.3. The van der Waals surface area contributed by atoms with Crippen LogP contribution < -0.4 is 0 Å². The molecule has 0 saturated heterocycles. The average molecular weight is 341 g/mol. The molecule has 7 heteroatoms. The highest BCUT2D eigenvalue weighted by atomic mass is 35.5. The molecular weight excluding hydrogens is 327 g/mol. The van der Waals surface area contributed by atoms with Crippen LogP contribution in [0.3, 0.4) is 0 Å². The molecule has 0 radical (unpaired) electrons. The van der Waals surface area contributed by atoms with Gasteiger partial charge >= 0.3 is 0 Å². The maximum absolute atomic E-state index is 6.12. The molecule has 2 aromatic rings. The van der Waals surface area contributed by atoms with Gasteiger partial charge in [0.25, 0.3) is 0 Å². The average Bonchev–Trinajstić information content (AvgIpc) is 3.37. The second kappa shape index (κ2) is 5.45. The molecule has 0 unspecified atom stereocenters. The van der Waals surface area contributed by atoms with E-state index in [0.29, 0.717) is 22.3 Å². The van der Waals surface area contributed by atoms with Gasteiger partial charge in [-0.25, -0.2) is 4.98 Å². The Balaban J connectivity index is 1.54. The Morgan fingerprint density at radius 1 is 1.14 bits per heavy atom. The highest BCUT2D eigenvalue weighted by Crippen LogP contribution is 2.46. The second-order valence-electron chi connectivity index (χ2n) is 5.59. The largest absolute Gasteiger partial charge is 0.303 e. The summed E-state index contributed by atoms with van der Waals surface area (Å²) in [7, 11) is 0. The highest BCUT2D eigenvalue weighted by Gasteiger charge is 2.36. The van der Waals surface area contributed by atoms with Gasteiger partial charge in [-0.3, -0.25) is 0 Å². The van der Waals surface area contributed by atoms with E-state index in [2.05, 4.69) is 19.7 Å². The van der Waals surface area contributed by atoms with E-state index in [4.69, 9.17) is 23.2 Å². The van der Waals surface area contributed by atoms with Gasteiger partial charge in [0.15, 0.2) is 5.16 Å². The van der Waals surface area contributed by atoms with Gasteiger partial charge in [0.1, 0.15) is 16.1 Å². The highest BCUT2D eigenvalue weighted by molar-refractivity contribution is 7.98. The minimum Gasteiger partial charge on any atom is -0.303 e. The Kier molecular flexibility index (Phi) is 3.59. The van der Waals surface area contributed by atoms with E-state index in [0.717, 1.165) is 16.5 Å². The van der Waals surface area contributed by atoms with Gasteiger partial charge in [-0.2, -0.15) is 0 Å². The topological polar surface area (TPSA) is 43.6 Å². The molecule has 0 spiro atoms. The number of nitrogens with zero attached hydrogens (tertiary/aromatic N) is 4. The first-order chi connectivity index (χ1) is 10.2. The molecule has 110 valence electrons. The first-order valence-corrected chi connectivity index (χ1v) is 8.85. The number of aromatic nitrogens is 4. The van der Waals surface area contributed by atoms with Crippen LogP contribution in [0.4, 0.5) is 0 Å². The molecule has 2 heterocycles. The summed E-state index contributed by atoms with van der Waals surface area (Å²) in [5.74, 6) is 2.55. The Morgan fingerprint density at radius 2 is 1.95 bits per heavy atom. The fourth-order valence-electron chi connectivity index (χ4n) is 2.37. The number of thioether (sulfide) groups is 1. The molecule has 2 aliphatic carbocycles. The summed E-state index contributed by atoms with van der Waals surface area (Å²) < 4.78 is 2.35. The molecule has 2 aromatic heterocycles. The van der Waals surface area contributed by atoms with Crippen molar-refractivity contribution in [3.8, 4) is 0 Å². The molecule has 0 atom stereocenters. The van der Waals surface area contributed by atoms with Crippen LogP contribution in [0.15, 0.2) is 17.3 Å². The van der Waals surface area contributed by atoms with Crippen molar-refractivity contribution in [2.24, 2.45) is 0 Å². The quantitative estimate of drug-likeness (QED) is 0.594. The van der Waals surface area contributed by atoms with Crippen molar-refractivity contribution in [2.45, 2.75) is 48.6 Å². The monoisotopic (exact) mass is 340 g/mol. The van der Waals surface area contributed by atoms with Gasteiger partial charge in [-0.05, 0) is 37.3 Å². The minimum absolute atomic E-state index is 0.422. The number of hydrogen-bond acceptors (Lipinski definition) is 4. The van der Waals surface area contributed by atoms with Crippen LogP contribution in [0.1, 0.15) is 49.0 Å². The maximum Gasteiger partial charge on any atom is 0.191 e. The third kappa shape index (κ3) is 2.91. The Hall–Kier alpha value is -0.780. The van der Waals surface area contributed by atoms with Crippen molar-refractivity contribution < 1.29 is 0 Å². The van der Waals surface area contributed by atoms with Crippen LogP contribution in [-0.4, -0.2) is 19.7 Å². The summed E-state index contributed by atoms with van der Waals surface area (Å²) in [6.45, 7) is 0. The van der Waals surface area contributed by atoms with E-state index in [1.165, 1.54) is 31.5 Å². The number of hydrogen-bond donors (Lipinski definition) is 0. The van der Waals surface area contributed by atoms with Gasteiger partial charge in [-0.1, -0.05) is 41.0 Å². The molecule has 2 saturated carbocycles. The number of pyridine rings is 1. The number of halogens is 2. The van der Waals surface area contributed by atoms with Crippen LogP contribution >= 0.6 is 35.0 Å². The summed E-state index contributed by atoms with van der Waals surface area (Å²) in [6, 6.07) is 4.30.